The minimum absolute atomic E-state index is 0.253. The minimum atomic E-state index is -0.253. The van der Waals surface area contributed by atoms with E-state index in [4.69, 9.17) is 21.7 Å². The van der Waals surface area contributed by atoms with Gasteiger partial charge in [0.25, 0.3) is 0 Å². The van der Waals surface area contributed by atoms with Crippen LogP contribution in [0.3, 0.4) is 0 Å². The molecule has 150 valence electrons. The summed E-state index contributed by atoms with van der Waals surface area (Å²) < 4.78 is 24.7. The summed E-state index contributed by atoms with van der Waals surface area (Å²) in [6.07, 6.45) is 0. The highest BCUT2D eigenvalue weighted by Crippen LogP contribution is 2.30. The van der Waals surface area contributed by atoms with Crippen LogP contribution in [0.5, 0.6) is 11.5 Å². The Morgan fingerprint density at radius 1 is 0.964 bits per heavy atom. The molecule has 6 heteroatoms. The number of nitrogens with zero attached hydrogens (tertiary/aromatic N) is 2. The summed E-state index contributed by atoms with van der Waals surface area (Å²) in [5.41, 5.74) is 1.87. The number of benzene rings is 2. The van der Waals surface area contributed by atoms with Crippen molar-refractivity contribution in [1.29, 1.82) is 0 Å². The fourth-order valence-electron chi connectivity index (χ4n) is 3.22. The van der Waals surface area contributed by atoms with Crippen LogP contribution in [-0.2, 0) is 6.61 Å². The lowest BCUT2D eigenvalue weighted by Gasteiger charge is -2.35. The second-order valence-electron chi connectivity index (χ2n) is 6.74. The van der Waals surface area contributed by atoms with Crippen LogP contribution in [0, 0.1) is 5.82 Å². The monoisotopic (exact) mass is 402 g/mol. The summed E-state index contributed by atoms with van der Waals surface area (Å²) in [5, 5.41) is 0. The van der Waals surface area contributed by atoms with E-state index in [1.807, 2.05) is 25.1 Å². The smallest absolute Gasteiger partial charge is 0.161 e. The lowest BCUT2D eigenvalue weighted by atomic mass is 10.1. The molecule has 0 N–H and O–H groups in total. The summed E-state index contributed by atoms with van der Waals surface area (Å²) in [4.78, 5) is 5.53. The Kier molecular flexibility index (Phi) is 7.23. The van der Waals surface area contributed by atoms with Gasteiger partial charge in [0, 0.05) is 31.7 Å². The van der Waals surface area contributed by atoms with Crippen molar-refractivity contribution in [1.82, 2.24) is 9.80 Å². The zero-order valence-corrected chi connectivity index (χ0v) is 17.3. The van der Waals surface area contributed by atoms with Gasteiger partial charge in [-0.3, -0.25) is 0 Å². The molecule has 1 saturated heterocycles. The lowest BCUT2D eigenvalue weighted by molar-refractivity contribution is 0.192. The third-order valence-electron chi connectivity index (χ3n) is 4.90. The highest BCUT2D eigenvalue weighted by Gasteiger charge is 2.20. The largest absolute Gasteiger partial charge is 0.490 e. The molecule has 0 saturated carbocycles. The Hall–Kier alpha value is -2.18. The van der Waals surface area contributed by atoms with Crippen LogP contribution in [0.1, 0.15) is 25.0 Å². The molecule has 4 nitrogen and oxygen atoms in total. The van der Waals surface area contributed by atoms with Gasteiger partial charge in [0.05, 0.1) is 6.61 Å². The number of halogens is 1. The average Bonchev–Trinajstić information content (AvgIpc) is 2.73. The summed E-state index contributed by atoms with van der Waals surface area (Å²) in [6.45, 7) is 10.1. The molecule has 0 atom stereocenters. The van der Waals surface area contributed by atoms with Gasteiger partial charge in [-0.25, -0.2) is 4.39 Å². The fraction of sp³-hybridized carbons (Fsp3) is 0.409. The summed E-state index contributed by atoms with van der Waals surface area (Å²) in [5.74, 6) is 1.08. The van der Waals surface area contributed by atoms with Crippen LogP contribution in [0.25, 0.3) is 0 Å². The highest BCUT2D eigenvalue weighted by atomic mass is 32.1. The maximum absolute atomic E-state index is 13.1. The molecule has 2 aromatic carbocycles. The first-order valence-corrected chi connectivity index (χ1v) is 10.2. The van der Waals surface area contributed by atoms with Crippen molar-refractivity contribution < 1.29 is 13.9 Å². The van der Waals surface area contributed by atoms with Crippen LogP contribution in [0.4, 0.5) is 4.39 Å². The first kappa shape index (κ1) is 20.6. The molecule has 1 heterocycles. The Morgan fingerprint density at radius 3 is 2.32 bits per heavy atom. The minimum Gasteiger partial charge on any atom is -0.490 e. The van der Waals surface area contributed by atoms with Gasteiger partial charge in [0.2, 0.25) is 0 Å². The van der Waals surface area contributed by atoms with Crippen molar-refractivity contribution in [2.75, 3.05) is 39.3 Å². The van der Waals surface area contributed by atoms with E-state index in [9.17, 15) is 4.39 Å². The van der Waals surface area contributed by atoms with E-state index < -0.39 is 0 Å². The molecular weight excluding hydrogens is 375 g/mol. The zero-order valence-electron chi connectivity index (χ0n) is 16.5. The Labute approximate surface area is 171 Å². The second-order valence-corrected chi connectivity index (χ2v) is 7.12. The predicted octanol–water partition coefficient (Wildman–Crippen LogP) is 4.12. The zero-order chi connectivity index (χ0) is 19.9. The van der Waals surface area contributed by atoms with E-state index in [2.05, 4.69) is 16.7 Å². The number of hydrogen-bond acceptors (Lipinski definition) is 4. The fourth-order valence-corrected chi connectivity index (χ4v) is 3.53. The van der Waals surface area contributed by atoms with Crippen LogP contribution in [0.2, 0.25) is 0 Å². The molecular formula is C22H27FN2O2S. The Balaban J connectivity index is 1.69. The highest BCUT2D eigenvalue weighted by molar-refractivity contribution is 7.80. The molecule has 0 amide bonds. The predicted molar refractivity (Wildman–Crippen MR) is 114 cm³/mol. The van der Waals surface area contributed by atoms with E-state index in [0.29, 0.717) is 24.7 Å². The van der Waals surface area contributed by atoms with E-state index in [-0.39, 0.29) is 5.82 Å². The number of rotatable bonds is 7. The number of likely N-dealkylation sites (N-methyl/N-ethyl adjacent to an activating group) is 1. The topological polar surface area (TPSA) is 24.9 Å². The molecule has 0 bridgehead atoms. The van der Waals surface area contributed by atoms with Gasteiger partial charge >= 0.3 is 0 Å². The van der Waals surface area contributed by atoms with Crippen LogP contribution in [0.15, 0.2) is 42.5 Å². The molecule has 0 aromatic heterocycles. The maximum atomic E-state index is 13.1. The van der Waals surface area contributed by atoms with E-state index >= 15 is 0 Å². The van der Waals surface area contributed by atoms with Gasteiger partial charge in [0.1, 0.15) is 17.4 Å². The number of hydrogen-bond donors (Lipinski definition) is 0. The molecule has 0 radical (unpaired) electrons. The summed E-state index contributed by atoms with van der Waals surface area (Å²) in [6, 6.07) is 12.1. The Morgan fingerprint density at radius 2 is 1.68 bits per heavy atom. The molecule has 1 fully saturated rings. The number of piperazine rings is 1. The Bertz CT molecular complexity index is 790. The molecule has 3 rings (SSSR count). The van der Waals surface area contributed by atoms with Gasteiger partial charge in [-0.1, -0.05) is 31.3 Å². The van der Waals surface area contributed by atoms with Gasteiger partial charge in [0.15, 0.2) is 11.5 Å². The molecule has 1 aliphatic rings. The maximum Gasteiger partial charge on any atom is 0.161 e. The lowest BCUT2D eigenvalue weighted by Crippen LogP contribution is -2.48. The molecule has 2 aromatic rings. The van der Waals surface area contributed by atoms with Gasteiger partial charge in [-0.15, -0.1) is 0 Å². The van der Waals surface area contributed by atoms with Crippen LogP contribution >= 0.6 is 12.2 Å². The van der Waals surface area contributed by atoms with Crippen molar-refractivity contribution in [2.45, 2.75) is 20.5 Å². The van der Waals surface area contributed by atoms with Crippen molar-refractivity contribution in [3.8, 4) is 11.5 Å². The molecule has 0 aliphatic carbocycles. The quantitative estimate of drug-likeness (QED) is 0.649. The molecule has 28 heavy (non-hydrogen) atoms. The molecule has 0 spiro atoms. The number of thiocarbonyl (C=S) groups is 1. The van der Waals surface area contributed by atoms with E-state index in [1.165, 1.54) is 12.1 Å². The summed E-state index contributed by atoms with van der Waals surface area (Å²) in [7, 11) is 0. The standard InChI is InChI=1S/C22H27FN2O2S/c1-3-24-11-13-25(14-12-24)22(28)18-7-10-20(21(15-18)26-4-2)27-16-17-5-8-19(23)9-6-17/h5-10,15H,3-4,11-14,16H2,1-2H3. The third kappa shape index (κ3) is 5.20. The third-order valence-corrected chi connectivity index (χ3v) is 5.40. The van der Waals surface area contributed by atoms with Gasteiger partial charge < -0.3 is 19.3 Å². The van der Waals surface area contributed by atoms with Crippen LogP contribution < -0.4 is 9.47 Å². The average molecular weight is 403 g/mol. The normalized spacial score (nSPS) is 14.8. The SMILES string of the molecule is CCOc1cc(C(=S)N2CCN(CC)CC2)ccc1OCc1ccc(F)cc1. The van der Waals surface area contributed by atoms with Crippen molar-refractivity contribution in [2.24, 2.45) is 0 Å². The van der Waals surface area contributed by atoms with Crippen molar-refractivity contribution >= 4 is 17.2 Å². The first-order valence-electron chi connectivity index (χ1n) is 9.76. The molecule has 1 aliphatic heterocycles. The van der Waals surface area contributed by atoms with Gasteiger partial charge in [-0.05, 0) is 49.4 Å². The summed E-state index contributed by atoms with van der Waals surface area (Å²) >= 11 is 5.73. The second kappa shape index (κ2) is 9.85. The van der Waals surface area contributed by atoms with Crippen molar-refractivity contribution in [3.05, 3.63) is 59.4 Å². The van der Waals surface area contributed by atoms with E-state index in [1.54, 1.807) is 12.1 Å². The van der Waals surface area contributed by atoms with Crippen molar-refractivity contribution in [3.63, 3.8) is 0 Å². The van der Waals surface area contributed by atoms with Crippen LogP contribution in [-0.4, -0.2) is 54.1 Å². The first-order chi connectivity index (χ1) is 13.6. The van der Waals surface area contributed by atoms with E-state index in [0.717, 1.165) is 48.8 Å². The number of ether oxygens (including phenoxy) is 2. The van der Waals surface area contributed by atoms with Gasteiger partial charge in [-0.2, -0.15) is 0 Å². The molecule has 0 unspecified atom stereocenters.